The van der Waals surface area contributed by atoms with Crippen molar-refractivity contribution in [2.24, 2.45) is 0 Å². The van der Waals surface area contributed by atoms with E-state index in [1.165, 1.54) is 24.3 Å². The van der Waals surface area contributed by atoms with Crippen molar-refractivity contribution < 1.29 is 23.5 Å². The highest BCUT2D eigenvalue weighted by Gasteiger charge is 2.40. The molecule has 3 amide bonds. The average molecular weight is 480 g/mol. The molecular weight excluding hydrogens is 461 g/mol. The molecule has 0 radical (unpaired) electrons. The quantitative estimate of drug-likeness (QED) is 0.470. The van der Waals surface area contributed by atoms with Gasteiger partial charge in [0.05, 0.1) is 18.0 Å². The highest BCUT2D eigenvalue weighted by Crippen LogP contribution is 2.32. The van der Waals surface area contributed by atoms with E-state index >= 15 is 0 Å². The lowest BCUT2D eigenvalue weighted by Crippen LogP contribution is -2.33. The zero-order chi connectivity index (χ0) is 24.2. The Balaban J connectivity index is 1.55. The smallest absolute Gasteiger partial charge is 0.283 e. The number of ether oxygens (including phenoxy) is 1. The maximum atomic E-state index is 14.2. The number of nitrogens with zero attached hydrogens (tertiary/aromatic N) is 1. The molecule has 172 valence electrons. The molecule has 2 N–H and O–H groups in total. The van der Waals surface area contributed by atoms with Gasteiger partial charge >= 0.3 is 0 Å². The van der Waals surface area contributed by atoms with Crippen LogP contribution in [0.5, 0.6) is 5.75 Å². The van der Waals surface area contributed by atoms with E-state index in [-0.39, 0.29) is 22.0 Å². The monoisotopic (exact) mass is 479 g/mol. The summed E-state index contributed by atoms with van der Waals surface area (Å²) in [6.45, 7) is 2.29. The zero-order valence-corrected chi connectivity index (χ0v) is 18.7. The highest BCUT2D eigenvalue weighted by molar-refractivity contribution is 6.53. The fourth-order valence-electron chi connectivity index (χ4n) is 3.39. The van der Waals surface area contributed by atoms with Crippen LogP contribution in [0.25, 0.3) is 0 Å². The fraction of sp³-hybridized carbons (Fsp3) is 0.0800. The number of nitrogens with one attached hydrogen (secondary N) is 2. The van der Waals surface area contributed by atoms with Gasteiger partial charge in [-0.2, -0.15) is 0 Å². The molecule has 3 aromatic rings. The first-order valence-electron chi connectivity index (χ1n) is 10.3. The van der Waals surface area contributed by atoms with E-state index in [0.29, 0.717) is 28.6 Å². The topological polar surface area (TPSA) is 87.7 Å². The maximum absolute atomic E-state index is 14.2. The lowest BCUT2D eigenvalue weighted by molar-refractivity contribution is -0.120. The number of halogens is 2. The Labute approximate surface area is 199 Å². The van der Waals surface area contributed by atoms with Crippen molar-refractivity contribution in [1.82, 2.24) is 0 Å². The summed E-state index contributed by atoms with van der Waals surface area (Å²) in [5.41, 5.74) is 0.726. The fourth-order valence-corrected chi connectivity index (χ4v) is 3.60. The number of carbonyl (C=O) groups excluding carboxylic acids is 3. The molecule has 4 rings (SSSR count). The van der Waals surface area contributed by atoms with E-state index in [9.17, 15) is 18.8 Å². The SMILES string of the molecule is CCOc1ccccc1NC(=O)c1cccc(NC2=C(Cl)C(=O)N(c3ccccc3F)C2=O)c1. The van der Waals surface area contributed by atoms with Gasteiger partial charge in [-0.15, -0.1) is 0 Å². The third-order valence-corrected chi connectivity index (χ3v) is 5.30. The summed E-state index contributed by atoms with van der Waals surface area (Å²) in [5.74, 6) is -2.26. The molecule has 9 heteroatoms. The van der Waals surface area contributed by atoms with Gasteiger partial charge in [0, 0.05) is 11.3 Å². The molecule has 1 heterocycles. The van der Waals surface area contributed by atoms with Gasteiger partial charge in [0.1, 0.15) is 22.3 Å². The van der Waals surface area contributed by atoms with Crippen LogP contribution in [0.1, 0.15) is 17.3 Å². The summed E-state index contributed by atoms with van der Waals surface area (Å²) in [7, 11) is 0. The van der Waals surface area contributed by atoms with Crippen molar-refractivity contribution in [3.8, 4) is 5.75 Å². The Morgan fingerprint density at radius 2 is 1.74 bits per heavy atom. The van der Waals surface area contributed by atoms with E-state index in [1.54, 1.807) is 42.5 Å². The molecule has 7 nitrogen and oxygen atoms in total. The Morgan fingerprint density at radius 1 is 1.00 bits per heavy atom. The number of para-hydroxylation sites is 3. The van der Waals surface area contributed by atoms with Crippen LogP contribution < -0.4 is 20.3 Å². The number of hydrogen-bond acceptors (Lipinski definition) is 5. The molecular formula is C25H19ClFN3O4. The van der Waals surface area contributed by atoms with E-state index in [1.807, 2.05) is 6.92 Å². The molecule has 0 saturated heterocycles. The van der Waals surface area contributed by atoms with Crippen LogP contribution in [-0.4, -0.2) is 24.3 Å². The van der Waals surface area contributed by atoms with Gasteiger partial charge in [-0.25, -0.2) is 9.29 Å². The number of imide groups is 1. The number of rotatable bonds is 7. The highest BCUT2D eigenvalue weighted by atomic mass is 35.5. The normalized spacial score (nSPS) is 13.3. The third-order valence-electron chi connectivity index (χ3n) is 4.95. The van der Waals surface area contributed by atoms with Gasteiger partial charge in [0.15, 0.2) is 0 Å². The van der Waals surface area contributed by atoms with Crippen LogP contribution in [0.3, 0.4) is 0 Å². The van der Waals surface area contributed by atoms with Crippen molar-refractivity contribution in [3.05, 3.63) is 94.9 Å². The summed E-state index contributed by atoms with van der Waals surface area (Å²) in [6.07, 6.45) is 0. The van der Waals surface area contributed by atoms with E-state index in [4.69, 9.17) is 16.3 Å². The zero-order valence-electron chi connectivity index (χ0n) is 18.0. The van der Waals surface area contributed by atoms with Crippen molar-refractivity contribution in [1.29, 1.82) is 0 Å². The lowest BCUT2D eigenvalue weighted by atomic mass is 10.1. The molecule has 0 aromatic heterocycles. The predicted octanol–water partition coefficient (Wildman–Crippen LogP) is 4.91. The minimum atomic E-state index is -0.847. The van der Waals surface area contributed by atoms with Gasteiger partial charge in [-0.05, 0) is 49.4 Å². The summed E-state index contributed by atoms with van der Waals surface area (Å²) in [6, 6.07) is 18.7. The number of hydrogen-bond donors (Lipinski definition) is 2. The van der Waals surface area contributed by atoms with Gasteiger partial charge in [-0.1, -0.05) is 41.9 Å². The summed E-state index contributed by atoms with van der Waals surface area (Å²) < 4.78 is 19.7. The van der Waals surface area contributed by atoms with Gasteiger partial charge in [0.25, 0.3) is 17.7 Å². The van der Waals surface area contributed by atoms with Crippen LogP contribution in [0.2, 0.25) is 0 Å². The predicted molar refractivity (Wildman–Crippen MR) is 127 cm³/mol. The first-order valence-corrected chi connectivity index (χ1v) is 10.7. The van der Waals surface area contributed by atoms with Gasteiger partial charge in [-0.3, -0.25) is 14.4 Å². The molecule has 0 bridgehead atoms. The minimum absolute atomic E-state index is 0.200. The van der Waals surface area contributed by atoms with Crippen molar-refractivity contribution in [2.75, 3.05) is 22.1 Å². The average Bonchev–Trinajstić information content (AvgIpc) is 3.04. The third kappa shape index (κ3) is 4.49. The first kappa shape index (κ1) is 23.0. The summed E-state index contributed by atoms with van der Waals surface area (Å²) >= 11 is 6.12. The number of amides is 3. The molecule has 0 atom stereocenters. The van der Waals surface area contributed by atoms with Gasteiger partial charge in [0.2, 0.25) is 0 Å². The second-order valence-electron chi connectivity index (χ2n) is 7.18. The minimum Gasteiger partial charge on any atom is -0.492 e. The molecule has 0 aliphatic carbocycles. The van der Waals surface area contributed by atoms with Crippen LogP contribution in [0, 0.1) is 5.82 Å². The molecule has 0 fully saturated rings. The number of carbonyl (C=O) groups is 3. The van der Waals surface area contributed by atoms with Crippen LogP contribution in [-0.2, 0) is 9.59 Å². The first-order chi connectivity index (χ1) is 16.4. The Kier molecular flexibility index (Phi) is 6.60. The van der Waals surface area contributed by atoms with E-state index < -0.39 is 23.5 Å². The second-order valence-corrected chi connectivity index (χ2v) is 7.55. The Hall–Kier alpha value is -4.17. The number of anilines is 3. The number of benzene rings is 3. The van der Waals surface area contributed by atoms with Crippen molar-refractivity contribution in [2.45, 2.75) is 6.92 Å². The molecule has 1 aliphatic rings. The lowest BCUT2D eigenvalue weighted by Gasteiger charge is -2.16. The second kappa shape index (κ2) is 9.76. The molecule has 0 unspecified atom stereocenters. The van der Waals surface area contributed by atoms with Gasteiger partial charge < -0.3 is 15.4 Å². The largest absolute Gasteiger partial charge is 0.492 e. The molecule has 34 heavy (non-hydrogen) atoms. The van der Waals surface area contributed by atoms with Crippen LogP contribution in [0.4, 0.5) is 21.5 Å². The summed E-state index contributed by atoms with van der Waals surface area (Å²) in [5, 5.41) is 5.20. The van der Waals surface area contributed by atoms with E-state index in [0.717, 1.165) is 6.07 Å². The molecule has 1 aliphatic heterocycles. The maximum Gasteiger partial charge on any atom is 0.283 e. The van der Waals surface area contributed by atoms with Crippen molar-refractivity contribution >= 4 is 46.4 Å². The standard InChI is InChI=1S/C25H19ClFN3O4/c1-2-34-20-13-6-4-11-18(20)29-23(31)15-8-7-9-16(14-15)28-22-21(26)24(32)30(25(22)33)19-12-5-3-10-17(19)27/h3-14,28H,2H2,1H3,(H,29,31). The summed E-state index contributed by atoms with van der Waals surface area (Å²) in [4.78, 5) is 38.9. The van der Waals surface area contributed by atoms with Crippen LogP contribution >= 0.6 is 11.6 Å². The van der Waals surface area contributed by atoms with E-state index in [2.05, 4.69) is 10.6 Å². The van der Waals surface area contributed by atoms with Crippen LogP contribution in [0.15, 0.2) is 83.5 Å². The molecule has 0 spiro atoms. The molecule has 3 aromatic carbocycles. The Morgan fingerprint density at radius 3 is 2.50 bits per heavy atom. The molecule has 0 saturated carbocycles. The van der Waals surface area contributed by atoms with Crippen molar-refractivity contribution in [3.63, 3.8) is 0 Å². The Bertz CT molecular complexity index is 1320.